The maximum Gasteiger partial charge on any atom is 1.00 e. The van der Waals surface area contributed by atoms with Crippen LogP contribution in [0.3, 0.4) is 0 Å². The second-order valence-electron chi connectivity index (χ2n) is 4.51. The zero-order valence-electron chi connectivity index (χ0n) is 13.3. The molecule has 0 heterocycles. The number of nitrogens with zero attached hydrogens (tertiary/aromatic N) is 1. The summed E-state index contributed by atoms with van der Waals surface area (Å²) in [6.45, 7) is 2.24. The zero-order valence-corrected chi connectivity index (χ0v) is 17.2. The van der Waals surface area contributed by atoms with Crippen molar-refractivity contribution in [1.82, 2.24) is 0 Å². The fourth-order valence-corrected chi connectivity index (χ4v) is 2.23. The number of hydrogen-bond acceptors (Lipinski definition) is 7. The fraction of sp³-hybridized carbons (Fsp3) is 0.133. The van der Waals surface area contributed by atoms with Crippen LogP contribution in [0.15, 0.2) is 52.5 Å². The van der Waals surface area contributed by atoms with E-state index in [0.29, 0.717) is 23.6 Å². The van der Waals surface area contributed by atoms with Crippen molar-refractivity contribution in [3.8, 4) is 11.5 Å². The number of rotatable bonds is 6. The Balaban J connectivity index is 0.00000288. The van der Waals surface area contributed by atoms with Gasteiger partial charge in [-0.2, -0.15) is 5.10 Å². The normalized spacial score (nSPS) is 11.1. The van der Waals surface area contributed by atoms with E-state index < -0.39 is 10.1 Å². The molecule has 24 heavy (non-hydrogen) atoms. The number of hydrogen-bond donors (Lipinski definition) is 2. The molecule has 0 atom stereocenters. The van der Waals surface area contributed by atoms with Crippen molar-refractivity contribution in [2.45, 2.75) is 11.8 Å². The van der Waals surface area contributed by atoms with Gasteiger partial charge >= 0.3 is 51.4 Å². The monoisotopic (exact) mass is 374 g/mol. The number of benzene rings is 2. The predicted octanol–water partition coefficient (Wildman–Crippen LogP) is -0.855. The van der Waals surface area contributed by atoms with Crippen LogP contribution in [0.4, 0.5) is 5.69 Å². The molecular weight excluding hydrogens is 359 g/mol. The number of hydrazone groups is 1. The van der Waals surface area contributed by atoms with Gasteiger partial charge in [0.25, 0.3) is 0 Å². The Labute approximate surface area is 182 Å². The van der Waals surface area contributed by atoms with Crippen molar-refractivity contribution in [2.24, 2.45) is 5.10 Å². The molecule has 0 fully saturated rings. The Morgan fingerprint density at radius 1 is 1.25 bits per heavy atom. The minimum Gasteiger partial charge on any atom is -0.744 e. The minimum absolute atomic E-state index is 0. The van der Waals surface area contributed by atoms with Gasteiger partial charge in [0.2, 0.25) is 0 Å². The molecule has 2 aromatic rings. The Bertz CT molecular complexity index is 807. The number of aromatic hydroxyl groups is 1. The number of nitrogens with one attached hydrogen (secondary N) is 1. The number of ether oxygens (including phenoxy) is 1. The molecular formula is C15H15KN2O5S. The molecule has 0 bridgehead atoms. The van der Waals surface area contributed by atoms with Crippen LogP contribution in [0.1, 0.15) is 12.5 Å². The van der Waals surface area contributed by atoms with E-state index in [-0.39, 0.29) is 62.0 Å². The van der Waals surface area contributed by atoms with Crippen LogP contribution in [0.2, 0.25) is 0 Å². The van der Waals surface area contributed by atoms with Crippen LogP contribution in [-0.4, -0.2) is 30.9 Å². The van der Waals surface area contributed by atoms with Gasteiger partial charge in [0.1, 0.15) is 10.1 Å². The van der Waals surface area contributed by atoms with Gasteiger partial charge in [0.15, 0.2) is 11.5 Å². The molecule has 0 saturated carbocycles. The topological polar surface area (TPSA) is 111 Å². The van der Waals surface area contributed by atoms with Gasteiger partial charge in [0, 0.05) is 0 Å². The maximum absolute atomic E-state index is 10.8. The minimum atomic E-state index is -4.45. The van der Waals surface area contributed by atoms with Crippen LogP contribution in [-0.2, 0) is 10.1 Å². The molecule has 2 rings (SSSR count). The summed E-state index contributed by atoms with van der Waals surface area (Å²) in [5, 5.41) is 13.6. The van der Waals surface area contributed by atoms with E-state index in [2.05, 4.69) is 10.5 Å². The number of anilines is 1. The van der Waals surface area contributed by atoms with Gasteiger partial charge in [-0.25, -0.2) is 8.42 Å². The van der Waals surface area contributed by atoms with Crippen LogP contribution < -0.4 is 61.5 Å². The van der Waals surface area contributed by atoms with Crippen LogP contribution in [0, 0.1) is 0 Å². The largest absolute Gasteiger partial charge is 1.00 e. The standard InChI is InChI=1S/C15H16N2O5S.K/c1-2-22-15-9-11(3-8-14(15)18)10-16-17-12-4-6-13(7-5-12)23(19,20)21;/h3-10,17-18H,2H2,1H3,(H,19,20,21);/q;+1/p-1/b16-10+;. The summed E-state index contributed by atoms with van der Waals surface area (Å²) in [5.41, 5.74) is 3.94. The molecule has 0 spiro atoms. The van der Waals surface area contributed by atoms with E-state index in [0.717, 1.165) is 0 Å². The van der Waals surface area contributed by atoms with Gasteiger partial charge in [-0.3, -0.25) is 5.43 Å². The molecule has 0 saturated heterocycles. The molecule has 0 aliphatic carbocycles. The van der Waals surface area contributed by atoms with Crippen molar-refractivity contribution in [3.63, 3.8) is 0 Å². The first-order valence-electron chi connectivity index (χ1n) is 6.71. The Morgan fingerprint density at radius 2 is 1.92 bits per heavy atom. The third-order valence-corrected chi connectivity index (χ3v) is 3.68. The quantitative estimate of drug-likeness (QED) is 0.295. The molecule has 0 radical (unpaired) electrons. The Kier molecular flexibility index (Phi) is 8.37. The molecule has 2 aromatic carbocycles. The van der Waals surface area contributed by atoms with Crippen molar-refractivity contribution >= 4 is 22.0 Å². The molecule has 0 aliphatic heterocycles. The summed E-state index contributed by atoms with van der Waals surface area (Å²) in [4.78, 5) is -0.299. The van der Waals surface area contributed by atoms with Crippen molar-refractivity contribution in [3.05, 3.63) is 48.0 Å². The van der Waals surface area contributed by atoms with Crippen molar-refractivity contribution < 1.29 is 74.2 Å². The second-order valence-corrected chi connectivity index (χ2v) is 5.89. The zero-order chi connectivity index (χ0) is 16.9. The maximum atomic E-state index is 10.8. The molecule has 7 nitrogen and oxygen atoms in total. The van der Waals surface area contributed by atoms with E-state index >= 15 is 0 Å². The molecule has 2 N–H and O–H groups in total. The second kappa shape index (κ2) is 9.52. The van der Waals surface area contributed by atoms with E-state index in [1.165, 1.54) is 36.5 Å². The summed E-state index contributed by atoms with van der Waals surface area (Å²) in [6.07, 6.45) is 1.51. The fourth-order valence-electron chi connectivity index (χ4n) is 1.76. The molecule has 9 heteroatoms. The molecule has 0 aromatic heterocycles. The van der Waals surface area contributed by atoms with E-state index in [1.54, 1.807) is 12.1 Å². The van der Waals surface area contributed by atoms with E-state index in [1.807, 2.05) is 6.92 Å². The first-order chi connectivity index (χ1) is 10.9. The predicted molar refractivity (Wildman–Crippen MR) is 84.9 cm³/mol. The van der Waals surface area contributed by atoms with Gasteiger partial charge in [-0.1, -0.05) is 0 Å². The SMILES string of the molecule is CCOc1cc(/C=N/Nc2ccc(S(=O)(=O)[O-])cc2)ccc1O.[K+]. The first kappa shape index (κ1) is 21.1. The number of phenolic OH excluding ortho intramolecular Hbond substituents is 1. The summed E-state index contributed by atoms with van der Waals surface area (Å²) in [5.74, 6) is 0.410. The van der Waals surface area contributed by atoms with Gasteiger partial charge < -0.3 is 14.4 Å². The van der Waals surface area contributed by atoms with Gasteiger partial charge in [-0.15, -0.1) is 0 Å². The summed E-state index contributed by atoms with van der Waals surface area (Å²) >= 11 is 0. The van der Waals surface area contributed by atoms with Gasteiger partial charge in [-0.05, 0) is 55.0 Å². The third kappa shape index (κ3) is 6.17. The molecule has 0 aliphatic rings. The summed E-state index contributed by atoms with van der Waals surface area (Å²) in [6, 6.07) is 10.1. The van der Waals surface area contributed by atoms with Crippen molar-refractivity contribution in [1.29, 1.82) is 0 Å². The van der Waals surface area contributed by atoms with E-state index in [4.69, 9.17) is 4.74 Å². The molecule has 122 valence electrons. The third-order valence-electron chi connectivity index (χ3n) is 2.83. The van der Waals surface area contributed by atoms with Gasteiger partial charge in [0.05, 0.1) is 23.4 Å². The molecule has 0 unspecified atom stereocenters. The number of phenols is 1. The molecule has 0 amide bonds. The average molecular weight is 374 g/mol. The van der Waals surface area contributed by atoms with E-state index in [9.17, 15) is 18.1 Å². The summed E-state index contributed by atoms with van der Waals surface area (Å²) in [7, 11) is -4.45. The summed E-state index contributed by atoms with van der Waals surface area (Å²) < 4.78 is 37.7. The Morgan fingerprint density at radius 3 is 2.50 bits per heavy atom. The Hall–Kier alpha value is -0.944. The van der Waals surface area contributed by atoms with Crippen LogP contribution in [0.25, 0.3) is 0 Å². The smallest absolute Gasteiger partial charge is 0.744 e. The van der Waals surface area contributed by atoms with Crippen molar-refractivity contribution in [2.75, 3.05) is 12.0 Å². The first-order valence-corrected chi connectivity index (χ1v) is 8.12. The van der Waals surface area contributed by atoms with Crippen LogP contribution >= 0.6 is 0 Å². The average Bonchev–Trinajstić information content (AvgIpc) is 2.50. The van der Waals surface area contributed by atoms with Crippen LogP contribution in [0.5, 0.6) is 11.5 Å².